The molecule has 1 aliphatic rings. The summed E-state index contributed by atoms with van der Waals surface area (Å²) in [5.74, 6) is 0. The molecule has 3 heterocycles. The van der Waals surface area contributed by atoms with Gasteiger partial charge in [0.1, 0.15) is 6.07 Å². The van der Waals surface area contributed by atoms with E-state index in [2.05, 4.69) is 285 Å². The van der Waals surface area contributed by atoms with E-state index >= 15 is 0 Å². The number of para-hydroxylation sites is 6. The second-order valence-corrected chi connectivity index (χ2v) is 22.3. The minimum Gasteiger partial charge on any atom is -0.317 e. The molecule has 0 spiro atoms. The molecule has 7 nitrogen and oxygen atoms in total. The van der Waals surface area contributed by atoms with Crippen molar-refractivity contribution < 1.29 is 0 Å². The van der Waals surface area contributed by atoms with Crippen LogP contribution in [0.25, 0.3) is 98.5 Å². The van der Waals surface area contributed by atoms with E-state index in [1.54, 1.807) is 0 Å². The normalized spacial score (nSPS) is 12.5. The van der Waals surface area contributed by atoms with Crippen molar-refractivity contribution in [3.63, 3.8) is 0 Å². The van der Waals surface area contributed by atoms with Gasteiger partial charge in [-0.1, -0.05) is 159 Å². The average molecular weight is 1070 g/mol. The zero-order valence-corrected chi connectivity index (χ0v) is 46.1. The summed E-state index contributed by atoms with van der Waals surface area (Å²) in [5.41, 5.74) is 19.8. The van der Waals surface area contributed by atoms with Crippen LogP contribution < -0.4 is 9.80 Å². The molecule has 0 amide bonds. The van der Waals surface area contributed by atoms with Gasteiger partial charge >= 0.3 is 0 Å². The highest BCUT2D eigenvalue weighted by atomic mass is 15.2. The Morgan fingerprint density at radius 3 is 1.43 bits per heavy atom. The number of benzene rings is 12. The largest absolute Gasteiger partial charge is 0.317 e. The van der Waals surface area contributed by atoms with E-state index < -0.39 is 0 Å². The molecule has 0 unspecified atom stereocenters. The SMILES string of the molecule is [C-]#[N+]c1cc(-n2c3ccc(N(c4ccccc4)c4ccccc4)cc3c3cc4c(cc32)C(C)(C)c2ccccc2-4)c(C#N)cc1-n1c2ccc(N(c3ccccc3)c3ccccc3)cc2c2ccc3c4ccccc4n(-c4ccccc4)c3c21. The molecule has 0 atom stereocenters. The molecule has 1 aliphatic carbocycles. The first-order valence-corrected chi connectivity index (χ1v) is 28.4. The molecular formula is C77H51N7. The third-order valence-corrected chi connectivity index (χ3v) is 17.4. The molecule has 15 aromatic rings. The third kappa shape index (κ3) is 7.23. The summed E-state index contributed by atoms with van der Waals surface area (Å²) in [4.78, 5) is 9.06. The van der Waals surface area contributed by atoms with E-state index in [4.69, 9.17) is 0 Å². The van der Waals surface area contributed by atoms with E-state index in [1.165, 1.54) is 22.3 Å². The Morgan fingerprint density at radius 1 is 0.369 bits per heavy atom. The Kier molecular flexibility index (Phi) is 10.9. The maximum absolute atomic E-state index is 11.8. The van der Waals surface area contributed by atoms with Crippen LogP contribution in [0.15, 0.2) is 273 Å². The molecule has 0 N–H and O–H groups in total. The van der Waals surface area contributed by atoms with Crippen molar-refractivity contribution in [3.8, 4) is 34.3 Å². The lowest BCUT2D eigenvalue weighted by atomic mass is 9.82. The number of rotatable bonds is 9. The first-order chi connectivity index (χ1) is 41.4. The predicted molar refractivity (Wildman–Crippen MR) is 347 cm³/mol. The standard InChI is InChI=1S/C77H51N7/c1-77(2)66-35-21-19-33-58(66)62-46-65-64-45-57(81(53-27-13-6-14-28-53)54-29-15-7-16-30-54)37-41-70(64)83(73(65)47-67(62)77)72-48-68(79-3)74(43-50(72)49-78)84-71-42-38-56(80(51-23-9-4-10-24-51)52-25-11-5-12-26-52)44-63(71)61-40-39-60-59-34-20-22-36-69(59)82(75(60)76(61)84)55-31-17-8-18-32-55/h4-48H,1-2H3. The number of aromatic nitrogens is 3. The number of nitrogens with zero attached hydrogens (tertiary/aromatic N) is 7. The number of nitriles is 1. The van der Waals surface area contributed by atoms with Gasteiger partial charge in [-0.2, -0.15) is 5.26 Å². The third-order valence-electron chi connectivity index (χ3n) is 17.4. The number of hydrogen-bond donors (Lipinski definition) is 0. The smallest absolute Gasteiger partial charge is 0.212 e. The summed E-state index contributed by atoms with van der Waals surface area (Å²) >= 11 is 0. The summed E-state index contributed by atoms with van der Waals surface area (Å²) < 4.78 is 6.86. The molecule has 0 saturated carbocycles. The maximum Gasteiger partial charge on any atom is 0.212 e. The molecule has 0 fully saturated rings. The number of hydrogen-bond acceptors (Lipinski definition) is 3. The highest BCUT2D eigenvalue weighted by Gasteiger charge is 2.37. The van der Waals surface area contributed by atoms with Gasteiger partial charge in [0.25, 0.3) is 0 Å². The van der Waals surface area contributed by atoms with Gasteiger partial charge in [0.15, 0.2) is 0 Å². The number of anilines is 6. The Bertz CT molecular complexity index is 5160. The molecule has 7 heteroatoms. The Labute approximate surface area is 486 Å². The zero-order chi connectivity index (χ0) is 56.2. The van der Waals surface area contributed by atoms with E-state index in [0.717, 1.165) is 105 Å². The van der Waals surface area contributed by atoms with E-state index in [-0.39, 0.29) is 5.41 Å². The van der Waals surface area contributed by atoms with Crippen LogP contribution in [0.4, 0.5) is 39.8 Å². The molecule has 16 rings (SSSR count). The fourth-order valence-electron chi connectivity index (χ4n) is 13.7. The maximum atomic E-state index is 11.8. The molecule has 0 radical (unpaired) electrons. The quantitative estimate of drug-likeness (QED) is 0.135. The lowest BCUT2D eigenvalue weighted by Crippen LogP contribution is -2.15. The second kappa shape index (κ2) is 18.9. The van der Waals surface area contributed by atoms with Crippen molar-refractivity contribution in [2.45, 2.75) is 19.3 Å². The van der Waals surface area contributed by atoms with Gasteiger partial charge in [0.2, 0.25) is 5.69 Å². The van der Waals surface area contributed by atoms with E-state index in [9.17, 15) is 11.8 Å². The van der Waals surface area contributed by atoms with Gasteiger partial charge in [-0.15, -0.1) is 0 Å². The highest BCUT2D eigenvalue weighted by molar-refractivity contribution is 6.24. The first kappa shape index (κ1) is 48.5. The second-order valence-electron chi connectivity index (χ2n) is 22.3. The molecule has 84 heavy (non-hydrogen) atoms. The molecule has 0 aliphatic heterocycles. The Hall–Kier alpha value is -11.4. The summed E-state index contributed by atoms with van der Waals surface area (Å²) in [6.45, 7) is 13.9. The monoisotopic (exact) mass is 1070 g/mol. The molecule has 394 valence electrons. The minimum atomic E-state index is -0.295. The van der Waals surface area contributed by atoms with Crippen LogP contribution in [-0.4, -0.2) is 13.7 Å². The first-order valence-electron chi connectivity index (χ1n) is 28.4. The summed E-state index contributed by atoms with van der Waals surface area (Å²) in [7, 11) is 0. The van der Waals surface area contributed by atoms with Gasteiger partial charge in [-0.25, -0.2) is 4.85 Å². The summed E-state index contributed by atoms with van der Waals surface area (Å²) in [5, 5.41) is 18.2. The molecular weight excluding hydrogens is 1020 g/mol. The molecule has 0 bridgehead atoms. The van der Waals surface area contributed by atoms with Crippen LogP contribution in [-0.2, 0) is 5.41 Å². The van der Waals surface area contributed by atoms with Crippen molar-refractivity contribution in [1.29, 1.82) is 5.26 Å². The minimum absolute atomic E-state index is 0.295. The predicted octanol–water partition coefficient (Wildman–Crippen LogP) is 20.6. The van der Waals surface area contributed by atoms with Crippen molar-refractivity contribution in [2.24, 2.45) is 0 Å². The lowest BCUT2D eigenvalue weighted by Gasteiger charge is -2.25. The lowest BCUT2D eigenvalue weighted by molar-refractivity contribution is 0.661. The van der Waals surface area contributed by atoms with Gasteiger partial charge in [0, 0.05) is 77.5 Å². The fourth-order valence-corrected chi connectivity index (χ4v) is 13.7. The van der Waals surface area contributed by atoms with Crippen molar-refractivity contribution >= 4 is 105 Å². The summed E-state index contributed by atoms with van der Waals surface area (Å²) in [6, 6.07) is 99.0. The van der Waals surface area contributed by atoms with Crippen LogP contribution in [0.5, 0.6) is 0 Å². The Morgan fingerprint density at radius 2 is 0.845 bits per heavy atom. The van der Waals surface area contributed by atoms with E-state index in [0.29, 0.717) is 22.6 Å². The van der Waals surface area contributed by atoms with Gasteiger partial charge in [0.05, 0.1) is 56.6 Å². The van der Waals surface area contributed by atoms with Crippen LogP contribution >= 0.6 is 0 Å². The van der Waals surface area contributed by atoms with Gasteiger partial charge < -0.3 is 23.5 Å². The van der Waals surface area contributed by atoms with Crippen LogP contribution in [0, 0.1) is 17.9 Å². The van der Waals surface area contributed by atoms with Crippen molar-refractivity contribution in [2.75, 3.05) is 9.80 Å². The number of fused-ring (bicyclic) bond motifs is 13. The van der Waals surface area contributed by atoms with Crippen molar-refractivity contribution in [1.82, 2.24) is 13.7 Å². The fraction of sp³-hybridized carbons (Fsp3) is 0.0390. The average Bonchev–Trinajstić information content (AvgIpc) is 2.15. The van der Waals surface area contributed by atoms with Gasteiger partial charge in [-0.05, 0) is 150 Å². The Balaban J connectivity index is 0.990. The van der Waals surface area contributed by atoms with E-state index in [1.807, 2.05) is 36.4 Å². The van der Waals surface area contributed by atoms with Crippen LogP contribution in [0.3, 0.4) is 0 Å². The molecule has 0 saturated heterocycles. The highest BCUT2D eigenvalue weighted by Crippen LogP contribution is 2.53. The summed E-state index contributed by atoms with van der Waals surface area (Å²) in [6.07, 6.45) is 0. The molecule has 3 aromatic heterocycles. The van der Waals surface area contributed by atoms with Gasteiger partial charge in [-0.3, -0.25) is 0 Å². The van der Waals surface area contributed by atoms with Crippen molar-refractivity contribution in [3.05, 3.63) is 301 Å². The zero-order valence-electron chi connectivity index (χ0n) is 46.1. The van der Waals surface area contributed by atoms with Crippen LogP contribution in [0.2, 0.25) is 0 Å². The topological polar surface area (TPSA) is 49.4 Å². The molecule has 12 aromatic carbocycles. The van der Waals surface area contributed by atoms with Crippen LogP contribution in [0.1, 0.15) is 30.5 Å².